The molecule has 1 aromatic rings. The van der Waals surface area contributed by atoms with Crippen LogP contribution in [0.3, 0.4) is 0 Å². The number of hydrogen-bond donors (Lipinski definition) is 2. The van der Waals surface area contributed by atoms with Gasteiger partial charge in [0.05, 0.1) is 12.5 Å². The number of carbonyl (C=O) groups is 2. The summed E-state index contributed by atoms with van der Waals surface area (Å²) in [5.41, 5.74) is 0.899. The Kier molecular flexibility index (Phi) is 5.58. The van der Waals surface area contributed by atoms with Crippen molar-refractivity contribution in [1.29, 1.82) is 0 Å². The van der Waals surface area contributed by atoms with Crippen LogP contribution >= 0.6 is 11.3 Å². The number of rotatable bonds is 6. The molecule has 0 saturated carbocycles. The van der Waals surface area contributed by atoms with E-state index in [0.29, 0.717) is 6.54 Å². The average molecular weight is 266 g/mol. The molecule has 4 nitrogen and oxygen atoms in total. The topological polar surface area (TPSA) is 58.2 Å². The van der Waals surface area contributed by atoms with E-state index in [9.17, 15) is 9.59 Å². The zero-order chi connectivity index (χ0) is 13.5. The Morgan fingerprint density at radius 3 is 2.67 bits per heavy atom. The minimum atomic E-state index is -0.257. The maximum atomic E-state index is 11.7. The van der Waals surface area contributed by atoms with Crippen LogP contribution < -0.4 is 10.6 Å². The summed E-state index contributed by atoms with van der Waals surface area (Å²) < 4.78 is 0. The average Bonchev–Trinajstić information content (AvgIpc) is 2.78. The molecule has 2 amide bonds. The molecular formula is C13H18N2O2S. The van der Waals surface area contributed by atoms with Gasteiger partial charge in [-0.3, -0.25) is 9.59 Å². The maximum absolute atomic E-state index is 11.7. The van der Waals surface area contributed by atoms with E-state index in [1.807, 2.05) is 24.4 Å². The molecule has 0 radical (unpaired) electrons. The van der Waals surface area contributed by atoms with E-state index in [0.717, 1.165) is 10.5 Å². The Hall–Kier alpha value is -1.62. The first kappa shape index (κ1) is 14.4. The predicted molar refractivity (Wildman–Crippen MR) is 73.3 cm³/mol. The molecule has 1 aromatic heterocycles. The molecule has 1 rings (SSSR count). The molecule has 0 fully saturated rings. The van der Waals surface area contributed by atoms with Crippen LogP contribution in [0.2, 0.25) is 0 Å². The fourth-order valence-corrected chi connectivity index (χ4v) is 2.24. The van der Waals surface area contributed by atoms with Crippen LogP contribution in [0.1, 0.15) is 31.2 Å². The number of thiophene rings is 1. The van der Waals surface area contributed by atoms with Gasteiger partial charge in [-0.1, -0.05) is 18.2 Å². The van der Waals surface area contributed by atoms with Crippen LogP contribution in [0, 0.1) is 0 Å². The van der Waals surface area contributed by atoms with Crippen molar-refractivity contribution in [3.05, 3.63) is 34.5 Å². The van der Waals surface area contributed by atoms with Crippen molar-refractivity contribution >= 4 is 23.2 Å². The lowest BCUT2D eigenvalue weighted by atomic mass is 10.1. The molecule has 1 unspecified atom stereocenters. The molecule has 0 spiro atoms. The molecule has 2 N–H and O–H groups in total. The number of amides is 2. The van der Waals surface area contributed by atoms with Gasteiger partial charge < -0.3 is 10.6 Å². The van der Waals surface area contributed by atoms with Crippen LogP contribution in [0.5, 0.6) is 0 Å². The van der Waals surface area contributed by atoms with Gasteiger partial charge in [0.15, 0.2) is 0 Å². The van der Waals surface area contributed by atoms with Gasteiger partial charge in [0, 0.05) is 18.3 Å². The molecule has 0 aliphatic rings. The summed E-state index contributed by atoms with van der Waals surface area (Å²) in [4.78, 5) is 23.9. The van der Waals surface area contributed by atoms with E-state index >= 15 is 0 Å². The zero-order valence-corrected chi connectivity index (χ0v) is 11.5. The minimum Gasteiger partial charge on any atom is -0.352 e. The summed E-state index contributed by atoms with van der Waals surface area (Å²) in [5.74, 6) is -0.230. The lowest BCUT2D eigenvalue weighted by molar-refractivity contribution is -0.122. The molecule has 0 bridgehead atoms. The molecule has 0 aliphatic heterocycles. The van der Waals surface area contributed by atoms with E-state index in [4.69, 9.17) is 0 Å². The second kappa shape index (κ2) is 6.96. The number of carbonyl (C=O) groups excluding carboxylic acids is 2. The monoisotopic (exact) mass is 266 g/mol. The van der Waals surface area contributed by atoms with Crippen molar-refractivity contribution in [3.63, 3.8) is 0 Å². The molecule has 0 aliphatic carbocycles. The first-order chi connectivity index (χ1) is 8.49. The van der Waals surface area contributed by atoms with Crippen LogP contribution in [0.15, 0.2) is 29.7 Å². The van der Waals surface area contributed by atoms with E-state index in [1.54, 1.807) is 0 Å². The molecule has 5 heteroatoms. The molecule has 0 saturated heterocycles. The minimum absolute atomic E-state index is 0.0925. The van der Waals surface area contributed by atoms with E-state index in [1.165, 1.54) is 18.3 Å². The second-order valence-corrected chi connectivity index (χ2v) is 5.19. The smallest absolute Gasteiger partial charge is 0.222 e. The quantitative estimate of drug-likeness (QED) is 0.774. The van der Waals surface area contributed by atoms with Crippen LogP contribution in [-0.2, 0) is 9.59 Å². The highest BCUT2D eigenvalue weighted by molar-refractivity contribution is 7.10. The largest absolute Gasteiger partial charge is 0.352 e. The number of hydrogen-bond acceptors (Lipinski definition) is 3. The third kappa shape index (κ3) is 5.14. The van der Waals surface area contributed by atoms with Gasteiger partial charge in [0.1, 0.15) is 0 Å². The second-order valence-electron chi connectivity index (χ2n) is 4.21. The highest BCUT2D eigenvalue weighted by Gasteiger charge is 2.17. The van der Waals surface area contributed by atoms with Gasteiger partial charge in [0.2, 0.25) is 11.8 Å². The standard InChI is InChI=1S/C13H18N2O2S/c1-9(2)8-14-13(17)7-11(15-10(3)16)12-5-4-6-18-12/h4-6,11H,1,7-8H2,2-3H3,(H,14,17)(H,15,16). The van der Waals surface area contributed by atoms with Gasteiger partial charge in [-0.15, -0.1) is 11.3 Å². The first-order valence-corrected chi connectivity index (χ1v) is 6.58. The maximum Gasteiger partial charge on any atom is 0.222 e. The van der Waals surface area contributed by atoms with Crippen molar-refractivity contribution < 1.29 is 9.59 Å². The predicted octanol–water partition coefficient (Wildman–Crippen LogP) is 2.01. The third-order valence-corrected chi connectivity index (χ3v) is 3.23. The Morgan fingerprint density at radius 1 is 1.44 bits per heavy atom. The fourth-order valence-electron chi connectivity index (χ4n) is 1.46. The molecule has 18 heavy (non-hydrogen) atoms. The molecule has 1 heterocycles. The highest BCUT2D eigenvalue weighted by atomic mass is 32.1. The summed E-state index contributed by atoms with van der Waals surface area (Å²) in [6.07, 6.45) is 0.243. The van der Waals surface area contributed by atoms with Crippen molar-refractivity contribution in [1.82, 2.24) is 10.6 Å². The van der Waals surface area contributed by atoms with E-state index < -0.39 is 0 Å². The van der Waals surface area contributed by atoms with Crippen molar-refractivity contribution in [3.8, 4) is 0 Å². The normalized spacial score (nSPS) is 11.7. The lowest BCUT2D eigenvalue weighted by Crippen LogP contribution is -2.32. The third-order valence-electron chi connectivity index (χ3n) is 2.24. The van der Waals surface area contributed by atoms with Gasteiger partial charge in [-0.2, -0.15) is 0 Å². The summed E-state index contributed by atoms with van der Waals surface area (Å²) >= 11 is 1.53. The first-order valence-electron chi connectivity index (χ1n) is 5.70. The molecule has 1 atom stereocenters. The summed E-state index contributed by atoms with van der Waals surface area (Å²) in [6, 6.07) is 3.56. The van der Waals surface area contributed by atoms with Crippen molar-refractivity contribution in [2.24, 2.45) is 0 Å². The Morgan fingerprint density at radius 2 is 2.17 bits per heavy atom. The molecule has 0 aromatic carbocycles. The Balaban J connectivity index is 2.59. The lowest BCUT2D eigenvalue weighted by Gasteiger charge is -2.16. The molecule has 98 valence electrons. The summed E-state index contributed by atoms with van der Waals surface area (Å²) in [6.45, 7) is 7.49. The van der Waals surface area contributed by atoms with Gasteiger partial charge >= 0.3 is 0 Å². The van der Waals surface area contributed by atoms with Crippen LogP contribution in [0.25, 0.3) is 0 Å². The van der Waals surface area contributed by atoms with Gasteiger partial charge in [-0.25, -0.2) is 0 Å². The van der Waals surface area contributed by atoms with E-state index in [2.05, 4.69) is 17.2 Å². The summed E-state index contributed by atoms with van der Waals surface area (Å²) in [7, 11) is 0. The summed E-state index contributed by atoms with van der Waals surface area (Å²) in [5, 5.41) is 7.48. The fraction of sp³-hybridized carbons (Fsp3) is 0.385. The Labute approximate surface area is 111 Å². The zero-order valence-electron chi connectivity index (χ0n) is 10.7. The van der Waals surface area contributed by atoms with Gasteiger partial charge in [0.25, 0.3) is 0 Å². The Bertz CT molecular complexity index is 426. The SMILES string of the molecule is C=C(C)CNC(=O)CC(NC(C)=O)c1cccs1. The van der Waals surface area contributed by atoms with Crippen molar-refractivity contribution in [2.45, 2.75) is 26.3 Å². The van der Waals surface area contributed by atoms with Crippen LogP contribution in [0.4, 0.5) is 0 Å². The number of nitrogens with one attached hydrogen (secondary N) is 2. The molecular weight excluding hydrogens is 248 g/mol. The van der Waals surface area contributed by atoms with Crippen LogP contribution in [-0.4, -0.2) is 18.4 Å². The van der Waals surface area contributed by atoms with Crippen molar-refractivity contribution in [2.75, 3.05) is 6.54 Å². The van der Waals surface area contributed by atoms with Gasteiger partial charge in [-0.05, 0) is 18.4 Å². The highest BCUT2D eigenvalue weighted by Crippen LogP contribution is 2.21. The van der Waals surface area contributed by atoms with E-state index in [-0.39, 0.29) is 24.3 Å².